The average Bonchev–Trinajstić information content (AvgIpc) is 2.65. The summed E-state index contributed by atoms with van der Waals surface area (Å²) in [5.74, 6) is 0.0609. The van der Waals surface area contributed by atoms with Crippen LogP contribution in [0.2, 0.25) is 0 Å². The monoisotopic (exact) mass is 374 g/mol. The quantitative estimate of drug-likeness (QED) is 0.890. The second kappa shape index (κ2) is 7.87. The number of aryl methyl sites for hydroxylation is 1. The van der Waals surface area contributed by atoms with Gasteiger partial charge in [-0.3, -0.25) is 10.1 Å². The summed E-state index contributed by atoms with van der Waals surface area (Å²) < 4.78 is 20.4. The van der Waals surface area contributed by atoms with E-state index in [1.165, 1.54) is 36.0 Å². The maximum Gasteiger partial charge on any atom is 0.323 e. The number of hydrogen-bond acceptors (Lipinski definition) is 4. The lowest BCUT2D eigenvalue weighted by atomic mass is 9.85. The molecule has 0 spiro atoms. The van der Waals surface area contributed by atoms with Crippen LogP contribution in [0, 0.1) is 5.82 Å². The van der Waals surface area contributed by atoms with E-state index in [1.54, 1.807) is 18.1 Å². The summed E-state index contributed by atoms with van der Waals surface area (Å²) in [4.78, 5) is 25.5. The summed E-state index contributed by atoms with van der Waals surface area (Å²) in [5.41, 5.74) is 0.219. The van der Waals surface area contributed by atoms with Crippen molar-refractivity contribution in [2.45, 2.75) is 24.9 Å². The second-order valence-corrected chi connectivity index (χ2v) is 6.79. The number of hydrogen-bond donors (Lipinski definition) is 1. The molecule has 3 rings (SSSR count). The highest BCUT2D eigenvalue weighted by Gasteiger charge is 2.36. The van der Waals surface area contributed by atoms with Crippen LogP contribution in [0.5, 0.6) is 0 Å². The number of likely N-dealkylation sites (tertiary alicyclic amines) is 1. The lowest BCUT2D eigenvalue weighted by Crippen LogP contribution is -2.50. The highest BCUT2D eigenvalue weighted by molar-refractivity contribution is 5.88. The van der Waals surface area contributed by atoms with Crippen LogP contribution in [0.3, 0.4) is 0 Å². The molecule has 1 fully saturated rings. The molecule has 8 heteroatoms. The smallest absolute Gasteiger partial charge is 0.323 e. The highest BCUT2D eigenvalue weighted by atomic mass is 19.1. The molecule has 0 unspecified atom stereocenters. The maximum absolute atomic E-state index is 13.4. The standard InChI is InChI=1S/C19H23FN4O3/c1-23-17(25)7-6-16(22-23)21-18(26)24-10-8-19(27-2,9-11-24)13-14-4-3-5-15(20)12-14/h3-7,12H,8-11,13H2,1-2H3,(H,21,22,26). The zero-order valence-corrected chi connectivity index (χ0v) is 15.4. The van der Waals surface area contributed by atoms with Gasteiger partial charge in [-0.25, -0.2) is 13.9 Å². The summed E-state index contributed by atoms with van der Waals surface area (Å²) in [5, 5.41) is 6.71. The van der Waals surface area contributed by atoms with Crippen LogP contribution in [0.15, 0.2) is 41.2 Å². The Labute approximate surface area is 156 Å². The van der Waals surface area contributed by atoms with E-state index in [0.717, 1.165) is 5.56 Å². The SMILES string of the molecule is COC1(Cc2cccc(F)c2)CCN(C(=O)Nc2ccc(=O)n(C)n2)CC1. The number of aromatic nitrogens is 2. The van der Waals surface area contributed by atoms with Crippen molar-refractivity contribution in [2.75, 3.05) is 25.5 Å². The Morgan fingerprint density at radius 3 is 2.67 bits per heavy atom. The van der Waals surface area contributed by atoms with Crippen LogP contribution < -0.4 is 10.9 Å². The van der Waals surface area contributed by atoms with Crippen molar-refractivity contribution < 1.29 is 13.9 Å². The third-order valence-corrected chi connectivity index (χ3v) is 5.01. The molecule has 27 heavy (non-hydrogen) atoms. The Morgan fingerprint density at radius 1 is 1.30 bits per heavy atom. The van der Waals surface area contributed by atoms with Crippen molar-refractivity contribution in [2.24, 2.45) is 7.05 Å². The number of ether oxygens (including phenoxy) is 1. The molecule has 2 heterocycles. The predicted octanol–water partition coefficient (Wildman–Crippen LogP) is 2.17. The summed E-state index contributed by atoms with van der Waals surface area (Å²) in [6.07, 6.45) is 1.89. The van der Waals surface area contributed by atoms with Gasteiger partial charge in [0, 0.05) is 39.7 Å². The van der Waals surface area contributed by atoms with Crippen LogP contribution in [0.1, 0.15) is 18.4 Å². The Balaban J connectivity index is 1.61. The number of benzene rings is 1. The zero-order valence-electron chi connectivity index (χ0n) is 15.4. The molecule has 0 aliphatic carbocycles. The third kappa shape index (κ3) is 4.51. The molecule has 1 aliphatic heterocycles. The van der Waals surface area contributed by atoms with E-state index >= 15 is 0 Å². The van der Waals surface area contributed by atoms with Gasteiger partial charge in [0.05, 0.1) is 5.60 Å². The number of nitrogens with zero attached hydrogens (tertiary/aromatic N) is 3. The zero-order chi connectivity index (χ0) is 19.4. The average molecular weight is 374 g/mol. The number of carbonyl (C=O) groups excluding carboxylic acids is 1. The van der Waals surface area contributed by atoms with E-state index in [1.807, 2.05) is 6.07 Å². The number of urea groups is 1. The second-order valence-electron chi connectivity index (χ2n) is 6.79. The summed E-state index contributed by atoms with van der Waals surface area (Å²) in [6, 6.07) is 9.08. The number of methoxy groups -OCH3 is 1. The van der Waals surface area contributed by atoms with E-state index in [9.17, 15) is 14.0 Å². The molecule has 2 amide bonds. The Morgan fingerprint density at radius 2 is 2.04 bits per heavy atom. The van der Waals surface area contributed by atoms with Gasteiger partial charge in [-0.1, -0.05) is 12.1 Å². The summed E-state index contributed by atoms with van der Waals surface area (Å²) in [7, 11) is 3.18. The van der Waals surface area contributed by atoms with Crippen LogP contribution in [0.25, 0.3) is 0 Å². The van der Waals surface area contributed by atoms with Crippen molar-refractivity contribution in [3.63, 3.8) is 0 Å². The predicted molar refractivity (Wildman–Crippen MR) is 99.1 cm³/mol. The fourth-order valence-electron chi connectivity index (χ4n) is 3.35. The molecule has 144 valence electrons. The van der Waals surface area contributed by atoms with E-state index in [-0.39, 0.29) is 17.4 Å². The molecule has 0 bridgehead atoms. The summed E-state index contributed by atoms with van der Waals surface area (Å²) in [6.45, 7) is 1.03. The van der Waals surface area contributed by atoms with Gasteiger partial charge < -0.3 is 9.64 Å². The van der Waals surface area contributed by atoms with Gasteiger partial charge in [-0.15, -0.1) is 0 Å². The Kier molecular flexibility index (Phi) is 5.55. The first-order valence-electron chi connectivity index (χ1n) is 8.81. The molecule has 2 aromatic rings. The largest absolute Gasteiger partial charge is 0.378 e. The van der Waals surface area contributed by atoms with Gasteiger partial charge in [0.2, 0.25) is 0 Å². The van der Waals surface area contributed by atoms with E-state index in [2.05, 4.69) is 10.4 Å². The molecular formula is C19H23FN4O3. The molecule has 0 saturated carbocycles. The topological polar surface area (TPSA) is 76.5 Å². The number of halogens is 1. The summed E-state index contributed by atoms with van der Waals surface area (Å²) >= 11 is 0. The molecule has 1 aromatic carbocycles. The van der Waals surface area contributed by atoms with Crippen molar-refractivity contribution >= 4 is 11.8 Å². The number of rotatable bonds is 4. The number of anilines is 1. The first-order valence-corrected chi connectivity index (χ1v) is 8.81. The fourth-order valence-corrected chi connectivity index (χ4v) is 3.35. The highest BCUT2D eigenvalue weighted by Crippen LogP contribution is 2.30. The van der Waals surface area contributed by atoms with Crippen LogP contribution in [0.4, 0.5) is 15.0 Å². The molecule has 0 atom stereocenters. The molecule has 7 nitrogen and oxygen atoms in total. The van der Waals surface area contributed by atoms with Crippen molar-refractivity contribution in [1.82, 2.24) is 14.7 Å². The van der Waals surface area contributed by atoms with Crippen molar-refractivity contribution in [1.29, 1.82) is 0 Å². The normalized spacial score (nSPS) is 16.2. The van der Waals surface area contributed by atoms with Crippen LogP contribution in [-0.2, 0) is 18.2 Å². The van der Waals surface area contributed by atoms with Crippen molar-refractivity contribution in [3.8, 4) is 0 Å². The number of nitrogens with one attached hydrogen (secondary N) is 1. The Hall–Kier alpha value is -2.74. The maximum atomic E-state index is 13.4. The van der Waals surface area contributed by atoms with Crippen LogP contribution in [-0.4, -0.2) is 46.5 Å². The lowest BCUT2D eigenvalue weighted by molar-refractivity contribution is -0.0489. The molecule has 1 aliphatic rings. The number of carbonyl (C=O) groups is 1. The van der Waals surface area contributed by atoms with Gasteiger partial charge in [0.1, 0.15) is 5.82 Å². The molecule has 0 radical (unpaired) electrons. The molecule has 1 N–H and O–H groups in total. The van der Waals surface area contributed by atoms with Gasteiger partial charge in [-0.05, 0) is 36.6 Å². The number of piperidine rings is 1. The fraction of sp³-hybridized carbons (Fsp3) is 0.421. The van der Waals surface area contributed by atoms with Gasteiger partial charge >= 0.3 is 6.03 Å². The first-order chi connectivity index (χ1) is 12.9. The number of amides is 2. The molecule has 1 saturated heterocycles. The van der Waals surface area contributed by atoms with E-state index in [0.29, 0.717) is 38.2 Å². The molecule has 1 aromatic heterocycles. The van der Waals surface area contributed by atoms with Crippen molar-refractivity contribution in [3.05, 3.63) is 58.1 Å². The van der Waals surface area contributed by atoms with E-state index < -0.39 is 5.60 Å². The lowest BCUT2D eigenvalue weighted by Gasteiger charge is -2.41. The van der Waals surface area contributed by atoms with Gasteiger partial charge in [-0.2, -0.15) is 5.10 Å². The third-order valence-electron chi connectivity index (χ3n) is 5.01. The van der Waals surface area contributed by atoms with Crippen LogP contribution >= 0.6 is 0 Å². The van der Waals surface area contributed by atoms with Gasteiger partial charge in [0.25, 0.3) is 5.56 Å². The minimum absolute atomic E-state index is 0.242. The van der Waals surface area contributed by atoms with E-state index in [4.69, 9.17) is 4.74 Å². The molecular weight excluding hydrogens is 351 g/mol. The first kappa shape index (κ1) is 19.0. The minimum Gasteiger partial charge on any atom is -0.378 e. The Bertz CT molecular complexity index is 875. The van der Waals surface area contributed by atoms with Gasteiger partial charge in [0.15, 0.2) is 5.82 Å². The minimum atomic E-state index is -0.417.